The maximum absolute atomic E-state index is 13.4. The van der Waals surface area contributed by atoms with Crippen molar-refractivity contribution in [3.63, 3.8) is 0 Å². The van der Waals surface area contributed by atoms with E-state index in [0.29, 0.717) is 46.6 Å². The predicted octanol–water partition coefficient (Wildman–Crippen LogP) is 3.66. The lowest BCUT2D eigenvalue weighted by Gasteiger charge is -2.36. The Kier molecular flexibility index (Phi) is 10.4. The topological polar surface area (TPSA) is 161 Å². The first-order chi connectivity index (χ1) is 19.4. The van der Waals surface area contributed by atoms with Gasteiger partial charge >= 0.3 is 22.3 Å². The van der Waals surface area contributed by atoms with E-state index in [-0.39, 0.29) is 37.3 Å². The Morgan fingerprint density at radius 2 is 1.55 bits per heavy atom. The Labute approximate surface area is 251 Å². The zero-order valence-corrected chi connectivity index (χ0v) is 25.0. The van der Waals surface area contributed by atoms with Crippen LogP contribution in [0.15, 0.2) is 66.9 Å². The van der Waals surface area contributed by atoms with Gasteiger partial charge in [-0.3, -0.25) is 4.79 Å². The average molecular weight is 619 g/mol. The zero-order chi connectivity index (χ0) is 29.8. The molecule has 1 aliphatic heterocycles. The Morgan fingerprint density at radius 3 is 2.07 bits per heavy atom. The van der Waals surface area contributed by atoms with E-state index < -0.39 is 33.5 Å². The number of hydrogen-bond acceptors (Lipinski definition) is 7. The highest BCUT2D eigenvalue weighted by molar-refractivity contribution is 7.88. The number of nitrogens with zero attached hydrogens (tertiary/aromatic N) is 2. The minimum atomic E-state index is -4.69. The van der Waals surface area contributed by atoms with Crippen LogP contribution in [0.1, 0.15) is 65.3 Å². The molecule has 0 radical (unpaired) electrons. The van der Waals surface area contributed by atoms with Crippen molar-refractivity contribution < 1.29 is 32.6 Å². The Morgan fingerprint density at radius 1 is 1.00 bits per heavy atom. The van der Waals surface area contributed by atoms with Crippen molar-refractivity contribution in [2.45, 2.75) is 51.2 Å². The fraction of sp³-hybridized carbons (Fsp3) is 0.345. The number of carbonyl (C=O) groups excluding carboxylic acids is 2. The summed E-state index contributed by atoms with van der Waals surface area (Å²) in [7, 11) is -4.69. The highest BCUT2D eigenvalue weighted by Gasteiger charge is 2.36. The molecule has 1 aliphatic rings. The predicted molar refractivity (Wildman–Crippen MR) is 159 cm³/mol. The monoisotopic (exact) mass is 618 g/mol. The first kappa shape index (κ1) is 32.6. The summed E-state index contributed by atoms with van der Waals surface area (Å²) < 4.78 is 34.2. The normalized spacial score (nSPS) is 14.1. The first-order valence-corrected chi connectivity index (χ1v) is 14.6. The molecule has 3 aromatic rings. The third-order valence-corrected chi connectivity index (χ3v) is 8.19. The van der Waals surface area contributed by atoms with Gasteiger partial charge in [0.15, 0.2) is 0 Å². The second-order valence-electron chi connectivity index (χ2n) is 10.6. The summed E-state index contributed by atoms with van der Waals surface area (Å²) >= 11 is 0. The number of carboxylic acids is 1. The third-order valence-electron chi connectivity index (χ3n) is 6.96. The highest BCUT2D eigenvalue weighted by atomic mass is 35.5. The van der Waals surface area contributed by atoms with Crippen molar-refractivity contribution in [3.8, 4) is 0 Å². The zero-order valence-electron chi connectivity index (χ0n) is 23.4. The molecule has 13 heteroatoms. The molecular weight excluding hydrogens is 584 g/mol. The molecule has 1 aromatic heterocycles. The molecule has 2 amide bonds. The maximum atomic E-state index is 13.4. The number of amides is 2. The highest BCUT2D eigenvalue weighted by Crippen LogP contribution is 2.36. The number of nitrogens with one attached hydrogen (secondary N) is 1. The number of piperidine rings is 1. The molecule has 226 valence electrons. The van der Waals surface area contributed by atoms with Gasteiger partial charge in [0.2, 0.25) is 5.91 Å². The van der Waals surface area contributed by atoms with Crippen LogP contribution in [0.4, 0.5) is 4.79 Å². The number of nitrogens with two attached hydrogens (primary N) is 1. The Hall–Kier alpha value is -3.87. The fourth-order valence-electron chi connectivity index (χ4n) is 5.04. The van der Waals surface area contributed by atoms with Crippen LogP contribution in [0.3, 0.4) is 0 Å². The van der Waals surface area contributed by atoms with E-state index in [2.05, 4.69) is 0 Å². The van der Waals surface area contributed by atoms with Crippen LogP contribution in [0.2, 0.25) is 0 Å². The molecule has 1 saturated heterocycles. The standard InChI is InChI=1S/C29H34N4O7S.ClH/c1-29(2,30)27(36)32-15-13-22(14-16-32)24-23(17-20-9-5-3-6-10-20)18-33(25(24)26(34)35)41(38,39)31-28(37)40-19-21-11-7-4-8-12-21;/h3-12,18,22H,13-17,19,30H2,1-2H3,(H,31,37)(H,34,35);1H. The number of rotatable bonds is 9. The lowest BCUT2D eigenvalue weighted by molar-refractivity contribution is -0.136. The number of carbonyl (C=O) groups is 3. The van der Waals surface area contributed by atoms with E-state index in [0.717, 1.165) is 5.56 Å². The Bertz CT molecular complexity index is 1510. The van der Waals surface area contributed by atoms with Gasteiger partial charge in [0.05, 0.1) is 5.54 Å². The van der Waals surface area contributed by atoms with Gasteiger partial charge in [-0.2, -0.15) is 8.42 Å². The molecule has 4 rings (SSSR count). The maximum Gasteiger partial charge on any atom is 0.422 e. The van der Waals surface area contributed by atoms with Gasteiger partial charge < -0.3 is 20.5 Å². The summed E-state index contributed by atoms with van der Waals surface area (Å²) in [5.41, 5.74) is 6.86. The molecule has 0 saturated carbocycles. The van der Waals surface area contributed by atoms with Gasteiger partial charge in [-0.1, -0.05) is 60.7 Å². The van der Waals surface area contributed by atoms with E-state index in [4.69, 9.17) is 10.5 Å². The molecule has 0 aliphatic carbocycles. The van der Waals surface area contributed by atoms with E-state index in [1.54, 1.807) is 49.1 Å². The quantitative estimate of drug-likeness (QED) is 0.327. The third kappa shape index (κ3) is 7.69. The summed E-state index contributed by atoms with van der Waals surface area (Å²) in [6, 6.07) is 18.0. The van der Waals surface area contributed by atoms with Crippen molar-refractivity contribution in [1.82, 2.24) is 13.6 Å². The number of likely N-dealkylation sites (tertiary alicyclic amines) is 1. The summed E-state index contributed by atoms with van der Waals surface area (Å²) in [6.45, 7) is 3.78. The minimum Gasteiger partial charge on any atom is -0.477 e. The van der Waals surface area contributed by atoms with E-state index in [9.17, 15) is 27.9 Å². The van der Waals surface area contributed by atoms with Crippen LogP contribution < -0.4 is 10.5 Å². The molecule has 4 N–H and O–H groups in total. The molecule has 1 fully saturated rings. The number of carboxylic acid groups (broad SMARTS) is 1. The van der Waals surface area contributed by atoms with Gasteiger partial charge in [-0.05, 0) is 61.3 Å². The van der Waals surface area contributed by atoms with Crippen LogP contribution in [-0.4, -0.2) is 59.0 Å². The molecule has 2 aromatic carbocycles. The number of aromatic carboxylic acids is 1. The fourth-order valence-corrected chi connectivity index (χ4v) is 6.09. The molecule has 11 nitrogen and oxygen atoms in total. The molecule has 0 atom stereocenters. The van der Waals surface area contributed by atoms with Crippen molar-refractivity contribution in [2.24, 2.45) is 5.73 Å². The number of aromatic nitrogens is 1. The summed E-state index contributed by atoms with van der Waals surface area (Å²) in [6.07, 6.45) is 1.12. The molecular formula is C29H35ClN4O7S. The van der Waals surface area contributed by atoms with Crippen LogP contribution >= 0.6 is 12.4 Å². The van der Waals surface area contributed by atoms with Gasteiger partial charge in [-0.25, -0.2) is 18.3 Å². The van der Waals surface area contributed by atoms with Gasteiger partial charge in [-0.15, -0.1) is 12.4 Å². The lowest BCUT2D eigenvalue weighted by atomic mass is 9.85. The van der Waals surface area contributed by atoms with Crippen molar-refractivity contribution in [3.05, 3.63) is 94.8 Å². The van der Waals surface area contributed by atoms with Gasteiger partial charge in [0, 0.05) is 19.3 Å². The minimum absolute atomic E-state index is 0. The largest absolute Gasteiger partial charge is 0.477 e. The summed E-state index contributed by atoms with van der Waals surface area (Å²) in [5.74, 6) is -2.01. The number of halogens is 1. The van der Waals surface area contributed by atoms with E-state index in [1.165, 1.54) is 6.20 Å². The molecule has 0 unspecified atom stereocenters. The van der Waals surface area contributed by atoms with Crippen LogP contribution in [-0.2, 0) is 32.8 Å². The van der Waals surface area contributed by atoms with Gasteiger partial charge in [0.25, 0.3) is 0 Å². The first-order valence-electron chi connectivity index (χ1n) is 13.2. The smallest absolute Gasteiger partial charge is 0.422 e. The van der Waals surface area contributed by atoms with Crippen LogP contribution in [0.25, 0.3) is 0 Å². The Balaban J connectivity index is 0.00000484. The molecule has 2 heterocycles. The number of benzene rings is 2. The van der Waals surface area contributed by atoms with Gasteiger partial charge in [0.1, 0.15) is 12.3 Å². The average Bonchev–Trinajstić information content (AvgIpc) is 3.32. The SMILES string of the molecule is CC(C)(N)C(=O)N1CCC(c2c(Cc3ccccc3)cn(S(=O)(=O)NC(=O)OCc3ccccc3)c2C(=O)O)CC1.Cl. The van der Waals surface area contributed by atoms with E-state index in [1.807, 2.05) is 35.1 Å². The second kappa shape index (κ2) is 13.4. The van der Waals surface area contributed by atoms with Crippen LogP contribution in [0, 0.1) is 0 Å². The van der Waals surface area contributed by atoms with Crippen molar-refractivity contribution in [1.29, 1.82) is 0 Å². The lowest BCUT2D eigenvalue weighted by Crippen LogP contribution is -2.53. The second-order valence-corrected chi connectivity index (χ2v) is 12.2. The number of hydrogen-bond donors (Lipinski definition) is 3. The van der Waals surface area contributed by atoms with Crippen molar-refractivity contribution in [2.75, 3.05) is 13.1 Å². The summed E-state index contributed by atoms with van der Waals surface area (Å²) in [4.78, 5) is 39.4. The molecule has 0 spiro atoms. The van der Waals surface area contributed by atoms with Crippen LogP contribution in [0.5, 0.6) is 0 Å². The summed E-state index contributed by atoms with van der Waals surface area (Å²) in [5, 5.41) is 10.2. The number of ether oxygens (including phenoxy) is 1. The van der Waals surface area contributed by atoms with E-state index >= 15 is 0 Å². The molecule has 42 heavy (non-hydrogen) atoms. The van der Waals surface area contributed by atoms with Crippen molar-refractivity contribution >= 4 is 40.6 Å². The molecule has 0 bridgehead atoms.